The Kier molecular flexibility index (Phi) is 8.17. The van der Waals surface area contributed by atoms with Crippen LogP contribution in [-0.4, -0.2) is 28.1 Å². The van der Waals surface area contributed by atoms with Gasteiger partial charge in [0.1, 0.15) is 5.75 Å². The number of hydrogen-bond donors (Lipinski definition) is 0. The van der Waals surface area contributed by atoms with E-state index < -0.39 is 6.10 Å². The van der Waals surface area contributed by atoms with Gasteiger partial charge in [0.25, 0.3) is 0 Å². The predicted molar refractivity (Wildman–Crippen MR) is 114 cm³/mol. The van der Waals surface area contributed by atoms with Gasteiger partial charge in [-0.25, -0.2) is 14.8 Å². The highest BCUT2D eigenvalue weighted by Crippen LogP contribution is 2.28. The highest BCUT2D eigenvalue weighted by Gasteiger charge is 2.45. The van der Waals surface area contributed by atoms with Crippen LogP contribution in [0.2, 0.25) is 0 Å². The lowest BCUT2D eigenvalue weighted by molar-refractivity contribution is -0.135. The number of aromatic nitrogens is 2. The fraction of sp³-hybridized carbons (Fsp3) is 0.542. The molecule has 1 saturated heterocycles. The first kappa shape index (κ1) is 21.4. The van der Waals surface area contributed by atoms with Crippen molar-refractivity contribution in [3.05, 3.63) is 42.2 Å². The van der Waals surface area contributed by atoms with Crippen molar-refractivity contribution < 1.29 is 14.3 Å². The summed E-state index contributed by atoms with van der Waals surface area (Å²) in [6.07, 6.45) is 14.1. The number of aryl methyl sites for hydroxylation is 1. The summed E-state index contributed by atoms with van der Waals surface area (Å²) >= 11 is 0. The number of epoxide rings is 1. The molecule has 29 heavy (non-hydrogen) atoms. The Balaban J connectivity index is 1.45. The largest absolute Gasteiger partial charge is 0.425 e. The summed E-state index contributed by atoms with van der Waals surface area (Å²) in [4.78, 5) is 21.0. The van der Waals surface area contributed by atoms with Gasteiger partial charge in [-0.2, -0.15) is 0 Å². The van der Waals surface area contributed by atoms with Gasteiger partial charge < -0.3 is 9.47 Å². The standard InChI is InChI=1S/C24H32N2O3/c1-3-5-6-7-8-9-11-18-16-25-23(26-17-18)19-12-14-20(15-13-19)28-24(27)22-21(29-22)10-4-2/h12-17,21-22H,3-11H2,1-2H3/t21-,22-/m1/s1. The lowest BCUT2D eigenvalue weighted by Crippen LogP contribution is -2.17. The van der Waals surface area contributed by atoms with E-state index >= 15 is 0 Å². The summed E-state index contributed by atoms with van der Waals surface area (Å²) in [5.41, 5.74) is 2.09. The van der Waals surface area contributed by atoms with Crippen molar-refractivity contribution in [3.63, 3.8) is 0 Å². The molecule has 3 rings (SSSR count). The zero-order valence-corrected chi connectivity index (χ0v) is 17.6. The monoisotopic (exact) mass is 396 g/mol. The van der Waals surface area contributed by atoms with Crippen molar-refractivity contribution in [2.75, 3.05) is 0 Å². The van der Waals surface area contributed by atoms with Crippen LogP contribution in [0.1, 0.15) is 70.8 Å². The molecule has 0 radical (unpaired) electrons. The maximum Gasteiger partial charge on any atom is 0.343 e. The third-order valence-corrected chi connectivity index (χ3v) is 5.24. The zero-order chi connectivity index (χ0) is 20.5. The molecule has 0 spiro atoms. The second-order valence-electron chi connectivity index (χ2n) is 7.76. The second kappa shape index (κ2) is 11.1. The SMILES string of the molecule is CCCCCCCCc1cnc(-c2ccc(OC(=O)[C@@H]3O[C@@H]3CCC)cc2)nc1. The van der Waals surface area contributed by atoms with E-state index in [1.165, 1.54) is 44.1 Å². The number of unbranched alkanes of at least 4 members (excludes halogenated alkanes) is 5. The van der Waals surface area contributed by atoms with E-state index in [4.69, 9.17) is 9.47 Å². The number of nitrogens with zero attached hydrogens (tertiary/aromatic N) is 2. The molecule has 1 aromatic heterocycles. The minimum Gasteiger partial charge on any atom is -0.425 e. The van der Waals surface area contributed by atoms with Crippen LogP contribution in [0, 0.1) is 0 Å². The van der Waals surface area contributed by atoms with E-state index in [0.717, 1.165) is 24.8 Å². The smallest absolute Gasteiger partial charge is 0.343 e. The molecular weight excluding hydrogens is 364 g/mol. The molecule has 1 aromatic carbocycles. The molecule has 0 amide bonds. The fourth-order valence-electron chi connectivity index (χ4n) is 3.44. The third kappa shape index (κ3) is 6.64. The van der Waals surface area contributed by atoms with Crippen molar-refractivity contribution in [2.24, 2.45) is 0 Å². The minimum atomic E-state index is -0.405. The van der Waals surface area contributed by atoms with Gasteiger partial charge in [0, 0.05) is 18.0 Å². The van der Waals surface area contributed by atoms with Crippen LogP contribution in [0.15, 0.2) is 36.7 Å². The molecule has 2 aromatic rings. The first-order chi connectivity index (χ1) is 14.2. The second-order valence-corrected chi connectivity index (χ2v) is 7.76. The van der Waals surface area contributed by atoms with Gasteiger partial charge in [0.15, 0.2) is 11.9 Å². The molecule has 1 aliphatic heterocycles. The van der Waals surface area contributed by atoms with Crippen LogP contribution in [0.3, 0.4) is 0 Å². The Bertz CT molecular complexity index is 759. The average Bonchev–Trinajstić information content (AvgIpc) is 3.51. The van der Waals surface area contributed by atoms with Crippen LogP contribution >= 0.6 is 0 Å². The Labute approximate surface area is 173 Å². The zero-order valence-electron chi connectivity index (χ0n) is 17.6. The van der Waals surface area contributed by atoms with Crippen molar-refractivity contribution in [2.45, 2.75) is 83.8 Å². The summed E-state index contributed by atoms with van der Waals surface area (Å²) in [7, 11) is 0. The number of carbonyl (C=O) groups excluding carboxylic acids is 1. The fourth-order valence-corrected chi connectivity index (χ4v) is 3.44. The summed E-state index contributed by atoms with van der Waals surface area (Å²) < 4.78 is 10.8. The molecule has 2 heterocycles. The first-order valence-electron chi connectivity index (χ1n) is 11.0. The van der Waals surface area contributed by atoms with Gasteiger partial charge in [-0.3, -0.25) is 0 Å². The topological polar surface area (TPSA) is 64.6 Å². The maximum absolute atomic E-state index is 12.0. The van der Waals surface area contributed by atoms with E-state index in [2.05, 4.69) is 23.8 Å². The van der Waals surface area contributed by atoms with Crippen LogP contribution in [-0.2, 0) is 16.0 Å². The Morgan fingerprint density at radius 2 is 1.66 bits per heavy atom. The van der Waals surface area contributed by atoms with Crippen molar-refractivity contribution >= 4 is 5.97 Å². The normalized spacial score (nSPS) is 17.9. The van der Waals surface area contributed by atoms with Gasteiger partial charge in [0.2, 0.25) is 0 Å². The number of benzene rings is 1. The van der Waals surface area contributed by atoms with Crippen LogP contribution in [0.25, 0.3) is 11.4 Å². The first-order valence-corrected chi connectivity index (χ1v) is 11.0. The highest BCUT2D eigenvalue weighted by atomic mass is 16.6. The molecule has 0 saturated carbocycles. The quantitative estimate of drug-likeness (QED) is 0.205. The Hall–Kier alpha value is -2.27. The van der Waals surface area contributed by atoms with Crippen molar-refractivity contribution in [1.82, 2.24) is 9.97 Å². The lowest BCUT2D eigenvalue weighted by Gasteiger charge is -2.05. The number of esters is 1. The average molecular weight is 397 g/mol. The summed E-state index contributed by atoms with van der Waals surface area (Å²) in [5, 5.41) is 0. The molecule has 5 heteroatoms. The summed E-state index contributed by atoms with van der Waals surface area (Å²) in [5.74, 6) is 0.888. The highest BCUT2D eigenvalue weighted by molar-refractivity contribution is 5.80. The lowest BCUT2D eigenvalue weighted by atomic mass is 10.1. The van der Waals surface area contributed by atoms with Crippen molar-refractivity contribution in [3.8, 4) is 17.1 Å². The Morgan fingerprint density at radius 3 is 2.34 bits per heavy atom. The maximum atomic E-state index is 12.0. The van der Waals surface area contributed by atoms with E-state index in [9.17, 15) is 4.79 Å². The van der Waals surface area contributed by atoms with Gasteiger partial charge in [-0.05, 0) is 49.1 Å². The Morgan fingerprint density at radius 1 is 0.966 bits per heavy atom. The number of carbonyl (C=O) groups is 1. The van der Waals surface area contributed by atoms with E-state index in [1.807, 2.05) is 24.5 Å². The summed E-state index contributed by atoms with van der Waals surface area (Å²) in [6.45, 7) is 4.32. The summed E-state index contributed by atoms with van der Waals surface area (Å²) in [6, 6.07) is 7.31. The predicted octanol–water partition coefficient (Wildman–Crippen LogP) is 5.52. The third-order valence-electron chi connectivity index (χ3n) is 5.24. The van der Waals surface area contributed by atoms with Gasteiger partial charge in [-0.1, -0.05) is 52.4 Å². The molecule has 0 N–H and O–H groups in total. The van der Waals surface area contributed by atoms with E-state index in [0.29, 0.717) is 11.6 Å². The molecule has 5 nitrogen and oxygen atoms in total. The molecule has 1 aliphatic rings. The van der Waals surface area contributed by atoms with Crippen molar-refractivity contribution in [1.29, 1.82) is 0 Å². The van der Waals surface area contributed by atoms with Crippen LogP contribution in [0.5, 0.6) is 5.75 Å². The van der Waals surface area contributed by atoms with Gasteiger partial charge in [0.05, 0.1) is 6.10 Å². The molecule has 1 fully saturated rings. The number of rotatable bonds is 12. The molecule has 0 bridgehead atoms. The minimum absolute atomic E-state index is 0.0232. The molecule has 0 unspecified atom stereocenters. The van der Waals surface area contributed by atoms with E-state index in [1.54, 1.807) is 12.1 Å². The molecule has 2 atom stereocenters. The van der Waals surface area contributed by atoms with Gasteiger partial charge >= 0.3 is 5.97 Å². The molecular formula is C24H32N2O3. The molecule has 156 valence electrons. The van der Waals surface area contributed by atoms with Gasteiger partial charge in [-0.15, -0.1) is 0 Å². The van der Waals surface area contributed by atoms with Crippen LogP contribution in [0.4, 0.5) is 0 Å². The number of hydrogen-bond acceptors (Lipinski definition) is 5. The van der Waals surface area contributed by atoms with E-state index in [-0.39, 0.29) is 12.1 Å². The molecule has 0 aliphatic carbocycles. The van der Waals surface area contributed by atoms with Crippen LogP contribution < -0.4 is 4.74 Å². The number of ether oxygens (including phenoxy) is 2.